The number of amides is 1. The molecule has 2 aromatic carbocycles. The molecule has 0 aromatic heterocycles. The SMILES string of the molecule is COc1ccc(O[C@H](C)C(=O)NCc2ccc(Cl)cc2)cc1. The first-order chi connectivity index (χ1) is 10.6. The van der Waals surface area contributed by atoms with Gasteiger partial charge in [-0.25, -0.2) is 0 Å². The highest BCUT2D eigenvalue weighted by atomic mass is 35.5. The van der Waals surface area contributed by atoms with Gasteiger partial charge in [0.1, 0.15) is 11.5 Å². The van der Waals surface area contributed by atoms with E-state index in [1.165, 1.54) is 0 Å². The molecule has 1 atom stereocenters. The third-order valence-electron chi connectivity index (χ3n) is 3.12. The predicted octanol–water partition coefficient (Wildman–Crippen LogP) is 3.43. The first-order valence-electron chi connectivity index (χ1n) is 6.91. The summed E-state index contributed by atoms with van der Waals surface area (Å²) < 4.78 is 10.7. The van der Waals surface area contributed by atoms with Crippen LogP contribution in [0.1, 0.15) is 12.5 Å². The molecule has 0 aliphatic heterocycles. The molecule has 0 bridgehead atoms. The van der Waals surface area contributed by atoms with E-state index in [1.54, 1.807) is 50.4 Å². The van der Waals surface area contributed by atoms with E-state index >= 15 is 0 Å². The molecule has 22 heavy (non-hydrogen) atoms. The second kappa shape index (κ2) is 7.71. The Morgan fingerprint density at radius 2 is 1.68 bits per heavy atom. The Morgan fingerprint density at radius 1 is 1.09 bits per heavy atom. The fourth-order valence-corrected chi connectivity index (χ4v) is 1.97. The van der Waals surface area contributed by atoms with E-state index in [0.29, 0.717) is 17.3 Å². The van der Waals surface area contributed by atoms with Crippen molar-refractivity contribution in [2.45, 2.75) is 19.6 Å². The highest BCUT2D eigenvalue weighted by Crippen LogP contribution is 2.18. The molecule has 2 rings (SSSR count). The largest absolute Gasteiger partial charge is 0.497 e. The van der Waals surface area contributed by atoms with Crippen LogP contribution in [0.4, 0.5) is 0 Å². The summed E-state index contributed by atoms with van der Waals surface area (Å²) >= 11 is 5.82. The molecule has 0 aliphatic carbocycles. The summed E-state index contributed by atoms with van der Waals surface area (Å²) in [6.45, 7) is 2.15. The van der Waals surface area contributed by atoms with Crippen molar-refractivity contribution in [3.63, 3.8) is 0 Å². The van der Waals surface area contributed by atoms with E-state index in [-0.39, 0.29) is 5.91 Å². The molecule has 0 fully saturated rings. The van der Waals surface area contributed by atoms with Gasteiger partial charge >= 0.3 is 0 Å². The van der Waals surface area contributed by atoms with Crippen molar-refractivity contribution < 1.29 is 14.3 Å². The number of carbonyl (C=O) groups excluding carboxylic acids is 1. The summed E-state index contributed by atoms with van der Waals surface area (Å²) in [6.07, 6.45) is -0.583. The molecule has 0 saturated heterocycles. The average molecular weight is 320 g/mol. The zero-order chi connectivity index (χ0) is 15.9. The molecular formula is C17H18ClNO3. The third kappa shape index (κ3) is 4.67. The molecule has 0 aliphatic rings. The normalized spacial score (nSPS) is 11.6. The lowest BCUT2D eigenvalue weighted by Crippen LogP contribution is -2.35. The lowest BCUT2D eigenvalue weighted by molar-refractivity contribution is -0.127. The minimum atomic E-state index is -0.583. The topological polar surface area (TPSA) is 47.6 Å². The first kappa shape index (κ1) is 16.2. The fraction of sp³-hybridized carbons (Fsp3) is 0.235. The van der Waals surface area contributed by atoms with Crippen LogP contribution in [0.5, 0.6) is 11.5 Å². The summed E-state index contributed by atoms with van der Waals surface area (Å²) in [7, 11) is 1.60. The number of carbonyl (C=O) groups is 1. The molecule has 1 amide bonds. The molecule has 0 heterocycles. The number of ether oxygens (including phenoxy) is 2. The van der Waals surface area contributed by atoms with Crippen LogP contribution < -0.4 is 14.8 Å². The standard InChI is InChI=1S/C17H18ClNO3/c1-12(22-16-9-7-15(21-2)8-10-16)17(20)19-11-13-3-5-14(18)6-4-13/h3-10,12H,11H2,1-2H3,(H,19,20)/t12-/m1/s1. The second-order valence-electron chi connectivity index (χ2n) is 4.78. The van der Waals surface area contributed by atoms with Gasteiger partial charge in [0.2, 0.25) is 0 Å². The van der Waals surface area contributed by atoms with E-state index in [9.17, 15) is 4.79 Å². The van der Waals surface area contributed by atoms with Crippen molar-refractivity contribution in [2.75, 3.05) is 7.11 Å². The minimum absolute atomic E-state index is 0.175. The molecule has 1 N–H and O–H groups in total. The Labute approximate surface area is 135 Å². The van der Waals surface area contributed by atoms with Crippen LogP contribution >= 0.6 is 11.6 Å². The van der Waals surface area contributed by atoms with Crippen LogP contribution in [0.2, 0.25) is 5.02 Å². The monoisotopic (exact) mass is 319 g/mol. The van der Waals surface area contributed by atoms with Crippen LogP contribution in [0.15, 0.2) is 48.5 Å². The molecular weight excluding hydrogens is 302 g/mol. The Morgan fingerprint density at radius 3 is 2.27 bits per heavy atom. The number of nitrogens with one attached hydrogen (secondary N) is 1. The maximum atomic E-state index is 12.0. The average Bonchev–Trinajstić information content (AvgIpc) is 2.54. The van der Waals surface area contributed by atoms with E-state index in [2.05, 4.69) is 5.32 Å². The Balaban J connectivity index is 1.84. The van der Waals surface area contributed by atoms with Gasteiger partial charge in [-0.1, -0.05) is 23.7 Å². The van der Waals surface area contributed by atoms with Crippen LogP contribution in [0, 0.1) is 0 Å². The van der Waals surface area contributed by atoms with Gasteiger partial charge in [0.05, 0.1) is 7.11 Å². The lowest BCUT2D eigenvalue weighted by atomic mass is 10.2. The van der Waals surface area contributed by atoms with Gasteiger partial charge in [0.15, 0.2) is 6.10 Å². The number of rotatable bonds is 6. The fourth-order valence-electron chi connectivity index (χ4n) is 1.85. The zero-order valence-corrected chi connectivity index (χ0v) is 13.3. The number of benzene rings is 2. The quantitative estimate of drug-likeness (QED) is 0.887. The predicted molar refractivity (Wildman–Crippen MR) is 86.4 cm³/mol. The summed E-state index contributed by atoms with van der Waals surface area (Å²) in [5.41, 5.74) is 0.981. The van der Waals surface area contributed by atoms with Crippen molar-refractivity contribution in [2.24, 2.45) is 0 Å². The van der Waals surface area contributed by atoms with Crippen molar-refractivity contribution >= 4 is 17.5 Å². The molecule has 0 unspecified atom stereocenters. The van der Waals surface area contributed by atoms with Gasteiger partial charge in [-0.3, -0.25) is 4.79 Å². The summed E-state index contributed by atoms with van der Waals surface area (Å²) in [4.78, 5) is 12.0. The van der Waals surface area contributed by atoms with E-state index in [4.69, 9.17) is 21.1 Å². The molecule has 0 saturated carbocycles. The first-order valence-corrected chi connectivity index (χ1v) is 7.29. The van der Waals surface area contributed by atoms with Crippen molar-refractivity contribution in [3.05, 3.63) is 59.1 Å². The molecule has 2 aromatic rings. The van der Waals surface area contributed by atoms with Gasteiger partial charge in [0, 0.05) is 11.6 Å². The summed E-state index contributed by atoms with van der Waals surface area (Å²) in [5, 5.41) is 3.50. The lowest BCUT2D eigenvalue weighted by Gasteiger charge is -2.15. The number of halogens is 1. The van der Waals surface area contributed by atoms with Crippen LogP contribution in [0.3, 0.4) is 0 Å². The Bertz CT molecular complexity index is 611. The van der Waals surface area contributed by atoms with Crippen molar-refractivity contribution in [1.82, 2.24) is 5.32 Å². The van der Waals surface area contributed by atoms with Gasteiger partial charge in [0.25, 0.3) is 5.91 Å². The maximum absolute atomic E-state index is 12.0. The third-order valence-corrected chi connectivity index (χ3v) is 3.37. The highest BCUT2D eigenvalue weighted by molar-refractivity contribution is 6.30. The van der Waals surface area contributed by atoms with E-state index in [0.717, 1.165) is 11.3 Å². The maximum Gasteiger partial charge on any atom is 0.261 e. The molecule has 0 spiro atoms. The van der Waals surface area contributed by atoms with Crippen molar-refractivity contribution in [1.29, 1.82) is 0 Å². The number of hydrogen-bond acceptors (Lipinski definition) is 3. The van der Waals surface area contributed by atoms with Gasteiger partial charge in [-0.05, 0) is 48.9 Å². The van der Waals surface area contributed by atoms with E-state index in [1.807, 2.05) is 12.1 Å². The van der Waals surface area contributed by atoms with Crippen LogP contribution in [-0.4, -0.2) is 19.1 Å². The number of hydrogen-bond donors (Lipinski definition) is 1. The Hall–Kier alpha value is -2.20. The summed E-state index contributed by atoms with van der Waals surface area (Å²) in [5.74, 6) is 1.19. The Kier molecular flexibility index (Phi) is 5.67. The molecule has 4 nitrogen and oxygen atoms in total. The van der Waals surface area contributed by atoms with Crippen molar-refractivity contribution in [3.8, 4) is 11.5 Å². The highest BCUT2D eigenvalue weighted by Gasteiger charge is 2.14. The second-order valence-corrected chi connectivity index (χ2v) is 5.22. The molecule has 5 heteroatoms. The molecule has 0 radical (unpaired) electrons. The van der Waals surface area contributed by atoms with Crippen LogP contribution in [0.25, 0.3) is 0 Å². The smallest absolute Gasteiger partial charge is 0.261 e. The number of methoxy groups -OCH3 is 1. The minimum Gasteiger partial charge on any atom is -0.497 e. The molecule has 116 valence electrons. The van der Waals surface area contributed by atoms with Crippen LogP contribution in [-0.2, 0) is 11.3 Å². The zero-order valence-electron chi connectivity index (χ0n) is 12.5. The summed E-state index contributed by atoms with van der Waals surface area (Å²) in [6, 6.07) is 14.4. The van der Waals surface area contributed by atoms with Gasteiger partial charge < -0.3 is 14.8 Å². The van der Waals surface area contributed by atoms with Gasteiger partial charge in [-0.15, -0.1) is 0 Å². The van der Waals surface area contributed by atoms with Gasteiger partial charge in [-0.2, -0.15) is 0 Å². The van der Waals surface area contributed by atoms with E-state index < -0.39 is 6.10 Å².